The van der Waals surface area contributed by atoms with Crippen molar-refractivity contribution in [3.05, 3.63) is 65.2 Å². The van der Waals surface area contributed by atoms with Crippen molar-refractivity contribution in [3.63, 3.8) is 0 Å². The van der Waals surface area contributed by atoms with Crippen LogP contribution in [0.4, 0.5) is 5.69 Å². The van der Waals surface area contributed by atoms with Gasteiger partial charge in [0.2, 0.25) is 5.91 Å². The monoisotopic (exact) mass is 254 g/mol. The summed E-state index contributed by atoms with van der Waals surface area (Å²) >= 11 is 0. The zero-order valence-electron chi connectivity index (χ0n) is 11.2. The van der Waals surface area contributed by atoms with E-state index in [1.807, 2.05) is 56.3 Å². The summed E-state index contributed by atoms with van der Waals surface area (Å²) in [6.07, 6.45) is 0. The van der Waals surface area contributed by atoms with Crippen LogP contribution in [0.15, 0.2) is 48.5 Å². The molecule has 2 aromatic carbocycles. The van der Waals surface area contributed by atoms with E-state index in [0.29, 0.717) is 0 Å². The molecule has 3 N–H and O–H groups in total. The van der Waals surface area contributed by atoms with Gasteiger partial charge in [0.25, 0.3) is 0 Å². The quantitative estimate of drug-likeness (QED) is 0.884. The average molecular weight is 254 g/mol. The largest absolute Gasteiger partial charge is 0.324 e. The van der Waals surface area contributed by atoms with Crippen molar-refractivity contribution in [1.29, 1.82) is 0 Å². The van der Waals surface area contributed by atoms with E-state index in [0.717, 1.165) is 22.4 Å². The summed E-state index contributed by atoms with van der Waals surface area (Å²) in [5.74, 6) is -0.198. The predicted octanol–water partition coefficient (Wildman–Crippen LogP) is 2.94. The van der Waals surface area contributed by atoms with E-state index in [1.54, 1.807) is 0 Å². The third-order valence-corrected chi connectivity index (χ3v) is 2.93. The third kappa shape index (κ3) is 3.42. The number of hydrogen-bond acceptors (Lipinski definition) is 2. The minimum Gasteiger partial charge on any atom is -0.324 e. The Labute approximate surface area is 113 Å². The number of rotatable bonds is 3. The number of nitrogens with one attached hydrogen (secondary N) is 1. The smallest absolute Gasteiger partial charge is 0.245 e. The molecule has 0 aliphatic rings. The van der Waals surface area contributed by atoms with Gasteiger partial charge in [-0.05, 0) is 42.7 Å². The van der Waals surface area contributed by atoms with Crippen molar-refractivity contribution in [3.8, 4) is 0 Å². The molecule has 98 valence electrons. The number of anilines is 1. The van der Waals surface area contributed by atoms with Gasteiger partial charge in [0.05, 0.1) is 0 Å². The molecule has 0 saturated carbocycles. The molecule has 1 amide bonds. The first kappa shape index (κ1) is 13.3. The Morgan fingerprint density at radius 3 is 2.21 bits per heavy atom. The summed E-state index contributed by atoms with van der Waals surface area (Å²) < 4.78 is 0. The summed E-state index contributed by atoms with van der Waals surface area (Å²) in [4.78, 5) is 12.1. The molecule has 0 saturated heterocycles. The number of amides is 1. The van der Waals surface area contributed by atoms with E-state index < -0.39 is 6.04 Å². The van der Waals surface area contributed by atoms with E-state index in [4.69, 9.17) is 5.73 Å². The lowest BCUT2D eigenvalue weighted by Gasteiger charge is -2.13. The van der Waals surface area contributed by atoms with Crippen molar-refractivity contribution in [1.82, 2.24) is 0 Å². The van der Waals surface area contributed by atoms with E-state index in [-0.39, 0.29) is 5.91 Å². The van der Waals surface area contributed by atoms with E-state index >= 15 is 0 Å². The third-order valence-electron chi connectivity index (χ3n) is 2.93. The van der Waals surface area contributed by atoms with Crippen LogP contribution >= 0.6 is 0 Å². The molecule has 0 radical (unpaired) electrons. The number of carbonyl (C=O) groups is 1. The Bertz CT molecular complexity index is 558. The molecule has 0 aromatic heterocycles. The lowest BCUT2D eigenvalue weighted by Crippen LogP contribution is -2.27. The van der Waals surface area contributed by atoms with Crippen LogP contribution in [0.5, 0.6) is 0 Å². The van der Waals surface area contributed by atoms with Crippen LogP contribution in [0.2, 0.25) is 0 Å². The topological polar surface area (TPSA) is 55.1 Å². The van der Waals surface area contributed by atoms with E-state index in [9.17, 15) is 4.79 Å². The first-order valence-corrected chi connectivity index (χ1v) is 6.26. The van der Waals surface area contributed by atoms with Gasteiger partial charge in [0.15, 0.2) is 0 Å². The minimum absolute atomic E-state index is 0.198. The van der Waals surface area contributed by atoms with Gasteiger partial charge in [0, 0.05) is 5.69 Å². The van der Waals surface area contributed by atoms with Gasteiger partial charge >= 0.3 is 0 Å². The highest BCUT2D eigenvalue weighted by atomic mass is 16.2. The van der Waals surface area contributed by atoms with Crippen LogP contribution in [-0.4, -0.2) is 5.91 Å². The van der Waals surface area contributed by atoms with Crippen molar-refractivity contribution in [2.24, 2.45) is 5.73 Å². The zero-order chi connectivity index (χ0) is 13.8. The van der Waals surface area contributed by atoms with E-state index in [2.05, 4.69) is 11.4 Å². The first-order valence-electron chi connectivity index (χ1n) is 6.26. The SMILES string of the molecule is Cc1cc(C)cc(NC(=O)C(N)c2ccccc2)c1. The minimum atomic E-state index is -0.651. The van der Waals surface area contributed by atoms with Gasteiger partial charge < -0.3 is 11.1 Å². The maximum absolute atomic E-state index is 12.1. The summed E-state index contributed by atoms with van der Waals surface area (Å²) in [7, 11) is 0. The first-order chi connectivity index (χ1) is 9.06. The highest BCUT2D eigenvalue weighted by Crippen LogP contribution is 2.16. The second-order valence-corrected chi connectivity index (χ2v) is 4.75. The van der Waals surface area contributed by atoms with Crippen LogP contribution in [-0.2, 0) is 4.79 Å². The normalized spacial score (nSPS) is 11.9. The molecule has 19 heavy (non-hydrogen) atoms. The Hall–Kier alpha value is -2.13. The van der Waals surface area contributed by atoms with Crippen molar-refractivity contribution in [2.45, 2.75) is 19.9 Å². The Kier molecular flexibility index (Phi) is 3.97. The van der Waals surface area contributed by atoms with Gasteiger partial charge in [-0.25, -0.2) is 0 Å². The number of hydrogen-bond donors (Lipinski definition) is 2. The molecule has 0 aliphatic heterocycles. The number of nitrogens with two attached hydrogens (primary N) is 1. The standard InChI is InChI=1S/C16H18N2O/c1-11-8-12(2)10-14(9-11)18-16(19)15(17)13-6-4-3-5-7-13/h3-10,15H,17H2,1-2H3,(H,18,19). The van der Waals surface area contributed by atoms with E-state index in [1.165, 1.54) is 0 Å². The fourth-order valence-corrected chi connectivity index (χ4v) is 2.08. The lowest BCUT2D eigenvalue weighted by atomic mass is 10.1. The molecular formula is C16H18N2O. The van der Waals surface area contributed by atoms with Gasteiger partial charge in [-0.1, -0.05) is 36.4 Å². The molecule has 1 unspecified atom stereocenters. The van der Waals surface area contributed by atoms with Crippen LogP contribution in [0, 0.1) is 13.8 Å². The Morgan fingerprint density at radius 1 is 1.05 bits per heavy atom. The maximum atomic E-state index is 12.1. The molecule has 3 heteroatoms. The van der Waals surface area contributed by atoms with Crippen LogP contribution < -0.4 is 11.1 Å². The second-order valence-electron chi connectivity index (χ2n) is 4.75. The molecule has 2 aromatic rings. The molecule has 1 atom stereocenters. The van der Waals surface area contributed by atoms with Gasteiger partial charge in [-0.2, -0.15) is 0 Å². The predicted molar refractivity (Wildman–Crippen MR) is 77.9 cm³/mol. The number of aryl methyl sites for hydroxylation is 2. The van der Waals surface area contributed by atoms with Crippen molar-refractivity contribution in [2.75, 3.05) is 5.32 Å². The van der Waals surface area contributed by atoms with Gasteiger partial charge in [-0.15, -0.1) is 0 Å². The fourth-order valence-electron chi connectivity index (χ4n) is 2.08. The summed E-state index contributed by atoms with van der Waals surface area (Å²) in [5, 5.41) is 2.86. The highest BCUT2D eigenvalue weighted by Gasteiger charge is 2.15. The summed E-state index contributed by atoms with van der Waals surface area (Å²) in [6.45, 7) is 4.00. The molecule has 3 nitrogen and oxygen atoms in total. The summed E-state index contributed by atoms with van der Waals surface area (Å²) in [6, 6.07) is 14.6. The van der Waals surface area contributed by atoms with Crippen LogP contribution in [0.1, 0.15) is 22.7 Å². The maximum Gasteiger partial charge on any atom is 0.245 e. The fraction of sp³-hybridized carbons (Fsp3) is 0.188. The zero-order valence-corrected chi connectivity index (χ0v) is 11.2. The molecule has 0 heterocycles. The number of carbonyl (C=O) groups excluding carboxylic acids is 1. The summed E-state index contributed by atoms with van der Waals surface area (Å²) in [5.41, 5.74) is 9.77. The van der Waals surface area contributed by atoms with Gasteiger partial charge in [0.1, 0.15) is 6.04 Å². The second kappa shape index (κ2) is 5.67. The molecule has 0 bridgehead atoms. The number of benzene rings is 2. The van der Waals surface area contributed by atoms with Crippen LogP contribution in [0.3, 0.4) is 0 Å². The molecule has 0 fully saturated rings. The van der Waals surface area contributed by atoms with Gasteiger partial charge in [-0.3, -0.25) is 4.79 Å². The molecule has 0 spiro atoms. The van der Waals surface area contributed by atoms with Crippen molar-refractivity contribution >= 4 is 11.6 Å². The molecular weight excluding hydrogens is 236 g/mol. The Morgan fingerprint density at radius 2 is 1.63 bits per heavy atom. The van der Waals surface area contributed by atoms with Crippen molar-refractivity contribution < 1.29 is 4.79 Å². The molecule has 2 rings (SSSR count). The lowest BCUT2D eigenvalue weighted by molar-refractivity contribution is -0.117. The molecule has 0 aliphatic carbocycles. The Balaban J connectivity index is 2.13. The average Bonchev–Trinajstić information content (AvgIpc) is 2.37. The van der Waals surface area contributed by atoms with Crippen LogP contribution in [0.25, 0.3) is 0 Å². The highest BCUT2D eigenvalue weighted by molar-refractivity contribution is 5.95.